The number of phosphoric ester groups is 1. The highest BCUT2D eigenvalue weighted by Crippen LogP contribution is 2.43. The standard InChI is InChI=1S/C47H86NO11P/c1-3-5-7-8-9-10-11-12-13-14-15-16-17-18-19-20-21-22-28-32-47(53)59-41(39-58-60(54,55)57-36-35-48)38-56-46(52)31-27-24-23-26-30-42-43(45(51)37-44(42)50)34-33-40(49)29-25-6-4-2/h12-13,33-34,40-43,45,49,51H,3-11,14-32,35-39,48H2,1-2H3,(H,54,55)/b13-12-,34-33+/t40-,41+,42+,43+,45+/m0/s1. The van der Waals surface area contributed by atoms with Crippen LogP contribution in [0.4, 0.5) is 0 Å². The van der Waals surface area contributed by atoms with Crippen LogP contribution >= 0.6 is 7.82 Å². The Kier molecular flexibility index (Phi) is 35.2. The monoisotopic (exact) mass is 872 g/mol. The van der Waals surface area contributed by atoms with Gasteiger partial charge in [0.15, 0.2) is 6.10 Å². The van der Waals surface area contributed by atoms with Gasteiger partial charge in [-0.3, -0.25) is 23.4 Å². The van der Waals surface area contributed by atoms with Crippen LogP contribution in [0, 0.1) is 11.8 Å². The van der Waals surface area contributed by atoms with Crippen molar-refractivity contribution in [3.05, 3.63) is 24.3 Å². The Morgan fingerprint density at radius 3 is 1.88 bits per heavy atom. The zero-order valence-corrected chi connectivity index (χ0v) is 38.6. The molecule has 60 heavy (non-hydrogen) atoms. The predicted molar refractivity (Wildman–Crippen MR) is 239 cm³/mol. The average molecular weight is 872 g/mol. The van der Waals surface area contributed by atoms with Gasteiger partial charge in [-0.05, 0) is 51.4 Å². The minimum Gasteiger partial charge on any atom is -0.462 e. The molecule has 0 saturated heterocycles. The van der Waals surface area contributed by atoms with Crippen LogP contribution in [0.2, 0.25) is 0 Å². The van der Waals surface area contributed by atoms with Crippen LogP contribution in [0.3, 0.4) is 0 Å². The van der Waals surface area contributed by atoms with Gasteiger partial charge in [-0.25, -0.2) is 4.57 Å². The molecule has 0 amide bonds. The fourth-order valence-electron chi connectivity index (χ4n) is 7.58. The average Bonchev–Trinajstić information content (AvgIpc) is 3.49. The third-order valence-corrected chi connectivity index (χ3v) is 12.2. The van der Waals surface area contributed by atoms with E-state index in [1.165, 1.54) is 83.5 Å². The quantitative estimate of drug-likeness (QED) is 0.0197. The summed E-state index contributed by atoms with van der Waals surface area (Å²) in [4.78, 5) is 47.7. The number of allylic oxidation sites excluding steroid dienone is 2. The fraction of sp³-hybridized carbons (Fsp3) is 0.851. The third kappa shape index (κ3) is 31.0. The highest BCUT2D eigenvalue weighted by atomic mass is 31.2. The molecule has 0 radical (unpaired) electrons. The first-order valence-corrected chi connectivity index (χ1v) is 25.4. The minimum absolute atomic E-state index is 0.0190. The molecule has 0 heterocycles. The van der Waals surface area contributed by atoms with E-state index in [9.17, 15) is 34.1 Å². The van der Waals surface area contributed by atoms with Gasteiger partial charge in [-0.15, -0.1) is 0 Å². The number of unbranched alkanes of at least 4 members (excludes halogenated alkanes) is 20. The van der Waals surface area contributed by atoms with Gasteiger partial charge in [-0.1, -0.05) is 154 Å². The highest BCUT2D eigenvalue weighted by Gasteiger charge is 2.39. The molecule has 0 bridgehead atoms. The first kappa shape index (κ1) is 56.1. The van der Waals surface area contributed by atoms with Crippen molar-refractivity contribution >= 4 is 25.5 Å². The van der Waals surface area contributed by atoms with Crippen LogP contribution in [-0.2, 0) is 37.5 Å². The second-order valence-corrected chi connectivity index (χ2v) is 18.2. The van der Waals surface area contributed by atoms with Gasteiger partial charge in [0, 0.05) is 37.6 Å². The Bertz CT molecular complexity index is 1200. The Morgan fingerprint density at radius 2 is 1.28 bits per heavy atom. The summed E-state index contributed by atoms with van der Waals surface area (Å²) in [6.45, 7) is 3.37. The molecule has 1 fully saturated rings. The molecule has 0 aromatic heterocycles. The lowest BCUT2D eigenvalue weighted by atomic mass is 9.88. The van der Waals surface area contributed by atoms with E-state index in [0.717, 1.165) is 57.8 Å². The maximum atomic E-state index is 12.7. The largest absolute Gasteiger partial charge is 0.472 e. The SMILES string of the molecule is CCCCCCCC/C=C\CCCCCCCCCCCC(=O)O[C@H](COC(=O)CCCCCC[C@H]1C(=O)C[C@@H](O)[C@@H]1/C=C/[C@@H](O)CCCCC)COP(=O)(O)OCCN. The van der Waals surface area contributed by atoms with Crippen LogP contribution in [-0.4, -0.2) is 77.5 Å². The lowest BCUT2D eigenvalue weighted by Crippen LogP contribution is -2.29. The minimum atomic E-state index is -4.44. The van der Waals surface area contributed by atoms with Gasteiger partial charge in [0.05, 0.1) is 25.4 Å². The number of carbonyl (C=O) groups is 3. The summed E-state index contributed by atoms with van der Waals surface area (Å²) in [6, 6.07) is 0. The van der Waals surface area contributed by atoms with Crippen molar-refractivity contribution in [3.8, 4) is 0 Å². The van der Waals surface area contributed by atoms with Crippen LogP contribution in [0.15, 0.2) is 24.3 Å². The summed E-state index contributed by atoms with van der Waals surface area (Å²) >= 11 is 0. The number of carbonyl (C=O) groups excluding carboxylic acids is 3. The number of esters is 2. The molecular weight excluding hydrogens is 785 g/mol. The first-order chi connectivity index (χ1) is 29.0. The summed E-state index contributed by atoms with van der Waals surface area (Å²) in [5.74, 6) is -1.50. The molecule has 0 aromatic rings. The molecule has 1 unspecified atom stereocenters. The Hall–Kier alpha value is -1.92. The van der Waals surface area contributed by atoms with Gasteiger partial charge in [0.2, 0.25) is 0 Å². The van der Waals surface area contributed by atoms with Crippen molar-refractivity contribution in [2.24, 2.45) is 17.6 Å². The van der Waals surface area contributed by atoms with Crippen molar-refractivity contribution in [3.63, 3.8) is 0 Å². The van der Waals surface area contributed by atoms with E-state index < -0.39 is 44.7 Å². The van der Waals surface area contributed by atoms with Crippen molar-refractivity contribution in [2.45, 2.75) is 218 Å². The number of ether oxygens (including phenoxy) is 2. The van der Waals surface area contributed by atoms with E-state index >= 15 is 0 Å². The number of aliphatic hydroxyl groups is 2. The number of ketones is 1. The maximum absolute atomic E-state index is 12.7. The van der Waals surface area contributed by atoms with Crippen LogP contribution in [0.5, 0.6) is 0 Å². The fourth-order valence-corrected chi connectivity index (χ4v) is 8.35. The normalized spacial score (nSPS) is 19.0. The zero-order valence-electron chi connectivity index (χ0n) is 37.7. The van der Waals surface area contributed by atoms with Gasteiger partial charge in [0.1, 0.15) is 12.4 Å². The molecule has 0 aliphatic heterocycles. The molecule has 350 valence electrons. The van der Waals surface area contributed by atoms with E-state index in [0.29, 0.717) is 25.7 Å². The summed E-state index contributed by atoms with van der Waals surface area (Å²) < 4.78 is 32.8. The van der Waals surface area contributed by atoms with E-state index in [4.69, 9.17) is 24.3 Å². The van der Waals surface area contributed by atoms with Crippen LogP contribution < -0.4 is 5.73 Å². The molecule has 1 aliphatic rings. The molecule has 0 spiro atoms. The van der Waals surface area contributed by atoms with Crippen LogP contribution in [0.1, 0.15) is 200 Å². The second-order valence-electron chi connectivity index (χ2n) is 16.8. The summed E-state index contributed by atoms with van der Waals surface area (Å²) in [5.41, 5.74) is 5.35. The molecule has 6 atom stereocenters. The molecular formula is C47H86NO11P. The number of hydrogen-bond acceptors (Lipinski definition) is 11. The highest BCUT2D eigenvalue weighted by molar-refractivity contribution is 7.47. The molecule has 0 aromatic carbocycles. The number of nitrogens with two attached hydrogens (primary N) is 1. The van der Waals surface area contributed by atoms with Gasteiger partial charge in [0.25, 0.3) is 0 Å². The molecule has 5 N–H and O–H groups in total. The number of aliphatic hydroxyl groups excluding tert-OH is 2. The third-order valence-electron chi connectivity index (χ3n) is 11.2. The van der Waals surface area contributed by atoms with Crippen molar-refractivity contribution in [2.75, 3.05) is 26.4 Å². The number of rotatable bonds is 41. The van der Waals surface area contributed by atoms with Crippen molar-refractivity contribution in [1.29, 1.82) is 0 Å². The van der Waals surface area contributed by atoms with E-state index in [2.05, 4.69) is 26.0 Å². The summed E-state index contributed by atoms with van der Waals surface area (Å²) in [7, 11) is -4.44. The first-order valence-electron chi connectivity index (χ1n) is 23.9. The zero-order chi connectivity index (χ0) is 44.1. The Labute approximate surface area is 363 Å². The van der Waals surface area contributed by atoms with Gasteiger partial charge < -0.3 is 30.3 Å². The number of hydrogen-bond donors (Lipinski definition) is 4. The molecule has 1 rings (SSSR count). The Balaban J connectivity index is 2.31. The number of Topliss-reactive ketones (excluding diaryl/α,β-unsaturated/α-hetero) is 1. The summed E-state index contributed by atoms with van der Waals surface area (Å²) in [6.07, 6.45) is 33.9. The lowest BCUT2D eigenvalue weighted by molar-refractivity contribution is -0.161. The van der Waals surface area contributed by atoms with Crippen LogP contribution in [0.25, 0.3) is 0 Å². The van der Waals surface area contributed by atoms with Gasteiger partial charge in [-0.2, -0.15) is 0 Å². The van der Waals surface area contributed by atoms with E-state index in [-0.39, 0.29) is 56.6 Å². The Morgan fingerprint density at radius 1 is 0.750 bits per heavy atom. The predicted octanol–water partition coefficient (Wildman–Crippen LogP) is 10.5. The second kappa shape index (κ2) is 37.6. The topological polar surface area (TPSA) is 192 Å². The maximum Gasteiger partial charge on any atom is 0.472 e. The number of phosphoric acid groups is 1. The molecule has 13 heteroatoms. The molecule has 12 nitrogen and oxygen atoms in total. The summed E-state index contributed by atoms with van der Waals surface area (Å²) in [5, 5.41) is 20.7. The molecule has 1 saturated carbocycles. The molecule has 1 aliphatic carbocycles. The van der Waals surface area contributed by atoms with Gasteiger partial charge >= 0.3 is 19.8 Å². The lowest BCUT2D eigenvalue weighted by Gasteiger charge is -2.20. The van der Waals surface area contributed by atoms with Crippen molar-refractivity contribution in [1.82, 2.24) is 0 Å². The smallest absolute Gasteiger partial charge is 0.462 e. The van der Waals surface area contributed by atoms with E-state index in [1.54, 1.807) is 6.08 Å². The van der Waals surface area contributed by atoms with Crippen molar-refractivity contribution < 1.29 is 52.6 Å². The van der Waals surface area contributed by atoms with E-state index in [1.807, 2.05) is 6.08 Å².